The second-order valence-electron chi connectivity index (χ2n) is 8.14. The van der Waals surface area contributed by atoms with E-state index in [4.69, 9.17) is 15.2 Å². The highest BCUT2D eigenvalue weighted by atomic mass is 19.1. The first kappa shape index (κ1) is 20.3. The maximum absolute atomic E-state index is 15.4. The van der Waals surface area contributed by atoms with Gasteiger partial charge in [-0.05, 0) is 53.6 Å². The predicted molar refractivity (Wildman–Crippen MR) is 122 cm³/mol. The molecule has 0 unspecified atom stereocenters. The van der Waals surface area contributed by atoms with Gasteiger partial charge in [0.1, 0.15) is 11.3 Å². The zero-order valence-electron chi connectivity index (χ0n) is 17.8. The van der Waals surface area contributed by atoms with Gasteiger partial charge >= 0.3 is 0 Å². The van der Waals surface area contributed by atoms with Gasteiger partial charge in [-0.2, -0.15) is 4.39 Å². The van der Waals surface area contributed by atoms with Crippen LogP contribution in [0, 0.1) is 11.8 Å². The molecule has 4 heterocycles. The number of hydrogen-bond acceptors (Lipinski definition) is 6. The molecule has 6 nitrogen and oxygen atoms in total. The minimum Gasteiger partial charge on any atom is -0.465 e. The van der Waals surface area contributed by atoms with Crippen LogP contribution in [0.25, 0.3) is 22.3 Å². The smallest absolute Gasteiger partial charge is 0.283 e. The van der Waals surface area contributed by atoms with Crippen molar-refractivity contribution in [1.82, 2.24) is 9.97 Å². The van der Waals surface area contributed by atoms with Crippen molar-refractivity contribution >= 4 is 6.02 Å². The Morgan fingerprint density at radius 1 is 0.912 bits per heavy atom. The van der Waals surface area contributed by atoms with Crippen molar-refractivity contribution in [1.29, 1.82) is 0 Å². The second kappa shape index (κ2) is 7.62. The SMILES string of the molecule is NC1=N[C@]2(CCO1)c1cc(-c3cccnc3F)ccc1Oc1c(F)cc(-c3cccnc3)cc12. The van der Waals surface area contributed by atoms with Crippen molar-refractivity contribution in [3.8, 4) is 33.8 Å². The molecule has 0 fully saturated rings. The molecule has 2 aliphatic heterocycles. The fourth-order valence-electron chi connectivity index (χ4n) is 4.64. The highest BCUT2D eigenvalue weighted by Crippen LogP contribution is 2.54. The van der Waals surface area contributed by atoms with Gasteiger partial charge in [0, 0.05) is 47.3 Å². The lowest BCUT2D eigenvalue weighted by Crippen LogP contribution is -2.38. The molecule has 2 aromatic heterocycles. The van der Waals surface area contributed by atoms with Crippen LogP contribution in [0.2, 0.25) is 0 Å². The number of benzene rings is 2. The number of hydrogen-bond donors (Lipinski definition) is 1. The minimum atomic E-state index is -1.07. The summed E-state index contributed by atoms with van der Waals surface area (Å²) in [4.78, 5) is 12.6. The maximum Gasteiger partial charge on any atom is 0.283 e. The number of aromatic nitrogens is 2. The largest absolute Gasteiger partial charge is 0.465 e. The van der Waals surface area contributed by atoms with Gasteiger partial charge in [-0.25, -0.2) is 14.4 Å². The van der Waals surface area contributed by atoms with E-state index >= 15 is 4.39 Å². The van der Waals surface area contributed by atoms with E-state index < -0.39 is 17.3 Å². The Balaban J connectivity index is 1.61. The number of rotatable bonds is 2. The zero-order chi connectivity index (χ0) is 23.3. The standard InChI is InChI=1S/C26H18F2N4O2/c27-21-13-17(16-3-1-8-30-14-16)12-20-23(21)34-22-6-5-15(18-4-2-9-31-24(18)28)11-19(22)26(20)7-10-33-25(29)32-26/h1-6,8-9,11-14H,7,10H2,(H2,29,32)/t26-/m1/s1. The predicted octanol–water partition coefficient (Wildman–Crippen LogP) is 5.17. The first-order chi connectivity index (χ1) is 16.5. The Kier molecular flexibility index (Phi) is 4.55. The third-order valence-electron chi connectivity index (χ3n) is 6.21. The molecule has 2 N–H and O–H groups in total. The number of nitrogens with zero attached hydrogens (tertiary/aromatic N) is 3. The van der Waals surface area contributed by atoms with Crippen LogP contribution in [0.3, 0.4) is 0 Å². The van der Waals surface area contributed by atoms with Crippen LogP contribution < -0.4 is 10.5 Å². The maximum atomic E-state index is 15.4. The zero-order valence-corrected chi connectivity index (χ0v) is 17.8. The third kappa shape index (κ3) is 3.10. The van der Waals surface area contributed by atoms with Gasteiger partial charge in [0.2, 0.25) is 5.95 Å². The average Bonchev–Trinajstić information content (AvgIpc) is 2.86. The molecule has 1 atom stereocenters. The Morgan fingerprint density at radius 3 is 2.56 bits per heavy atom. The summed E-state index contributed by atoms with van der Waals surface area (Å²) in [5.74, 6) is -0.608. The molecule has 2 aromatic carbocycles. The quantitative estimate of drug-likeness (QED) is 0.421. The van der Waals surface area contributed by atoms with Crippen molar-refractivity contribution < 1.29 is 18.3 Å². The van der Waals surface area contributed by atoms with Crippen LogP contribution in [0.1, 0.15) is 17.5 Å². The molecule has 168 valence electrons. The first-order valence-corrected chi connectivity index (χ1v) is 10.7. The van der Waals surface area contributed by atoms with Gasteiger partial charge < -0.3 is 15.2 Å². The van der Waals surface area contributed by atoms with E-state index in [2.05, 4.69) is 15.0 Å². The molecule has 1 spiro atoms. The fourth-order valence-corrected chi connectivity index (χ4v) is 4.64. The number of halogens is 2. The Morgan fingerprint density at radius 2 is 1.76 bits per heavy atom. The fraction of sp³-hybridized carbons (Fsp3) is 0.115. The van der Waals surface area contributed by atoms with Gasteiger partial charge in [0.15, 0.2) is 11.6 Å². The van der Waals surface area contributed by atoms with E-state index in [-0.39, 0.29) is 18.4 Å². The van der Waals surface area contributed by atoms with Crippen molar-refractivity contribution in [3.63, 3.8) is 0 Å². The van der Waals surface area contributed by atoms with Crippen LogP contribution in [0.5, 0.6) is 11.5 Å². The summed E-state index contributed by atoms with van der Waals surface area (Å²) in [7, 11) is 0. The molecular weight excluding hydrogens is 438 g/mol. The van der Waals surface area contributed by atoms with Crippen LogP contribution in [0.4, 0.5) is 8.78 Å². The van der Waals surface area contributed by atoms with E-state index in [1.54, 1.807) is 48.8 Å². The second-order valence-corrected chi connectivity index (χ2v) is 8.14. The summed E-state index contributed by atoms with van der Waals surface area (Å²) in [6, 6.07) is 15.4. The van der Waals surface area contributed by atoms with Gasteiger partial charge in [0.05, 0.1) is 6.61 Å². The summed E-state index contributed by atoms with van der Waals surface area (Å²) >= 11 is 0. The lowest BCUT2D eigenvalue weighted by atomic mass is 9.76. The molecule has 0 bridgehead atoms. The van der Waals surface area contributed by atoms with Crippen molar-refractivity contribution in [2.24, 2.45) is 10.7 Å². The van der Waals surface area contributed by atoms with Gasteiger partial charge in [-0.3, -0.25) is 4.98 Å². The van der Waals surface area contributed by atoms with Gasteiger partial charge in [0.25, 0.3) is 6.02 Å². The van der Waals surface area contributed by atoms with E-state index in [0.717, 1.165) is 5.56 Å². The van der Waals surface area contributed by atoms with Crippen LogP contribution in [-0.4, -0.2) is 22.6 Å². The molecule has 0 saturated carbocycles. The molecule has 34 heavy (non-hydrogen) atoms. The lowest BCUT2D eigenvalue weighted by molar-refractivity contribution is 0.218. The molecule has 0 radical (unpaired) electrons. The van der Waals surface area contributed by atoms with Crippen molar-refractivity contribution in [3.05, 3.63) is 96.1 Å². The number of amidine groups is 1. The highest BCUT2D eigenvalue weighted by Gasteiger charge is 2.46. The minimum absolute atomic E-state index is 0.00444. The Hall–Kier alpha value is -4.33. The monoisotopic (exact) mass is 456 g/mol. The highest BCUT2D eigenvalue weighted by molar-refractivity contribution is 5.77. The number of nitrogens with two attached hydrogens (primary N) is 1. The van der Waals surface area contributed by atoms with E-state index in [1.807, 2.05) is 12.1 Å². The molecule has 8 heteroatoms. The number of aliphatic imine (C=N–C) groups is 1. The van der Waals surface area contributed by atoms with Crippen LogP contribution in [-0.2, 0) is 10.3 Å². The van der Waals surface area contributed by atoms with E-state index in [0.29, 0.717) is 40.0 Å². The first-order valence-electron chi connectivity index (χ1n) is 10.7. The number of fused-ring (bicyclic) bond motifs is 4. The number of ether oxygens (including phenoxy) is 2. The van der Waals surface area contributed by atoms with E-state index in [1.165, 1.54) is 12.3 Å². The molecule has 0 amide bonds. The molecule has 4 aromatic rings. The van der Waals surface area contributed by atoms with Crippen molar-refractivity contribution in [2.75, 3.05) is 6.61 Å². The third-order valence-corrected chi connectivity index (χ3v) is 6.21. The summed E-state index contributed by atoms with van der Waals surface area (Å²) < 4.78 is 41.4. The molecule has 0 aliphatic carbocycles. The average molecular weight is 456 g/mol. The number of pyridine rings is 2. The van der Waals surface area contributed by atoms with Gasteiger partial charge in [-0.1, -0.05) is 12.1 Å². The van der Waals surface area contributed by atoms with E-state index in [9.17, 15) is 4.39 Å². The summed E-state index contributed by atoms with van der Waals surface area (Å²) in [6.45, 7) is 0.276. The molecular formula is C26H18F2N4O2. The normalized spacial score (nSPS) is 18.4. The van der Waals surface area contributed by atoms with Gasteiger partial charge in [-0.15, -0.1) is 0 Å². The van der Waals surface area contributed by atoms with Crippen LogP contribution >= 0.6 is 0 Å². The Labute approximate surface area is 193 Å². The Bertz CT molecular complexity index is 1460. The van der Waals surface area contributed by atoms with Crippen molar-refractivity contribution in [2.45, 2.75) is 12.0 Å². The van der Waals surface area contributed by atoms with Crippen LogP contribution in [0.15, 0.2) is 78.2 Å². The molecule has 2 aliphatic rings. The molecule has 0 saturated heterocycles. The summed E-state index contributed by atoms with van der Waals surface area (Å²) in [5.41, 5.74) is 8.44. The summed E-state index contributed by atoms with van der Waals surface area (Å²) in [5, 5.41) is 0. The summed E-state index contributed by atoms with van der Waals surface area (Å²) in [6.07, 6.45) is 5.11. The lowest BCUT2D eigenvalue weighted by Gasteiger charge is -2.39. The topological polar surface area (TPSA) is 82.6 Å². The molecule has 6 rings (SSSR count).